The molecule has 0 aliphatic heterocycles. The van der Waals surface area contributed by atoms with Crippen molar-refractivity contribution in [2.75, 3.05) is 0 Å². The highest BCUT2D eigenvalue weighted by Gasteiger charge is 2.29. The Morgan fingerprint density at radius 3 is 1.97 bits per heavy atom. The Kier molecular flexibility index (Phi) is 6.91. The molecule has 0 bridgehead atoms. The van der Waals surface area contributed by atoms with Gasteiger partial charge in [0.25, 0.3) is 0 Å². The van der Waals surface area contributed by atoms with Crippen LogP contribution in [0.1, 0.15) is 75.0 Å². The monoisotopic (exact) mass is 455 g/mol. The number of nitriles is 1. The number of carboxylic acid groups (broad SMARTS) is 1. The van der Waals surface area contributed by atoms with Crippen molar-refractivity contribution < 1.29 is 23.4 Å². The maximum absolute atomic E-state index is 13.4. The van der Waals surface area contributed by atoms with E-state index in [1.165, 1.54) is 30.3 Å². The molecule has 0 heterocycles. The second-order valence-corrected chi connectivity index (χ2v) is 11.7. The van der Waals surface area contributed by atoms with E-state index in [0.29, 0.717) is 16.7 Å². The fourth-order valence-corrected chi connectivity index (χ4v) is 4.92. The molecule has 2 aromatic rings. The number of allylic oxidation sites excluding steroid dienone is 1. The number of phenols is 1. The second-order valence-electron chi connectivity index (χ2n) is 9.71. The fraction of sp³-hybridized carbons (Fsp3) is 0.360. The third kappa shape index (κ3) is 5.20. The Bertz CT molecular complexity index is 1190. The number of rotatable bonds is 5. The van der Waals surface area contributed by atoms with Crippen LogP contribution < -0.4 is 0 Å². The molecule has 0 aliphatic rings. The van der Waals surface area contributed by atoms with Gasteiger partial charge in [-0.2, -0.15) is 5.26 Å². The lowest BCUT2D eigenvalue weighted by Gasteiger charge is -2.28. The third-order valence-corrected chi connectivity index (χ3v) is 6.97. The molecule has 2 rings (SSSR count). The zero-order valence-corrected chi connectivity index (χ0v) is 20.0. The first kappa shape index (κ1) is 25.2. The summed E-state index contributed by atoms with van der Waals surface area (Å²) in [4.78, 5) is 11.0. The van der Waals surface area contributed by atoms with Crippen LogP contribution in [0, 0.1) is 11.3 Å². The van der Waals surface area contributed by atoms with Crippen LogP contribution in [0.25, 0.3) is 6.08 Å². The van der Waals surface area contributed by atoms with E-state index >= 15 is 0 Å². The molecule has 6 nitrogen and oxygen atoms in total. The highest BCUT2D eigenvalue weighted by Crippen LogP contribution is 2.40. The highest BCUT2D eigenvalue weighted by molar-refractivity contribution is 7.95. The van der Waals surface area contributed by atoms with Gasteiger partial charge in [-0.25, -0.2) is 13.2 Å². The van der Waals surface area contributed by atoms with Gasteiger partial charge in [0.05, 0.1) is 27.9 Å². The number of carbonyl (C=O) groups is 1. The SMILES string of the molecule is CC(C)(C)c1cc(/C=C(\CC#N)S(=O)(=O)c2ccccc2C(=O)O)cc(C(C)(C)C)c1O. The van der Waals surface area contributed by atoms with Crippen molar-refractivity contribution in [2.24, 2.45) is 0 Å². The first-order valence-electron chi connectivity index (χ1n) is 10.1. The van der Waals surface area contributed by atoms with Gasteiger partial charge in [-0.3, -0.25) is 0 Å². The summed E-state index contributed by atoms with van der Waals surface area (Å²) >= 11 is 0. The van der Waals surface area contributed by atoms with Gasteiger partial charge in [0.2, 0.25) is 9.84 Å². The first-order valence-corrected chi connectivity index (χ1v) is 11.6. The van der Waals surface area contributed by atoms with Crippen molar-refractivity contribution in [2.45, 2.75) is 63.7 Å². The van der Waals surface area contributed by atoms with Crippen molar-refractivity contribution in [1.82, 2.24) is 0 Å². The molecule has 2 N–H and O–H groups in total. The molecule has 0 atom stereocenters. The summed E-state index contributed by atoms with van der Waals surface area (Å²) in [5, 5.41) is 29.6. The quantitative estimate of drug-likeness (QED) is 0.622. The number of hydrogen-bond donors (Lipinski definition) is 2. The molecule has 0 spiro atoms. The Balaban J connectivity index is 2.84. The molecule has 32 heavy (non-hydrogen) atoms. The van der Waals surface area contributed by atoms with E-state index in [1.54, 1.807) is 12.1 Å². The van der Waals surface area contributed by atoms with Crippen molar-refractivity contribution in [3.8, 4) is 11.8 Å². The van der Waals surface area contributed by atoms with Gasteiger partial charge in [-0.1, -0.05) is 53.7 Å². The summed E-state index contributed by atoms with van der Waals surface area (Å²) in [6.07, 6.45) is 0.966. The van der Waals surface area contributed by atoms with Gasteiger partial charge in [-0.15, -0.1) is 0 Å². The summed E-state index contributed by atoms with van der Waals surface area (Å²) < 4.78 is 26.7. The van der Waals surface area contributed by atoms with Gasteiger partial charge in [0.1, 0.15) is 5.75 Å². The first-order chi connectivity index (χ1) is 14.6. The van der Waals surface area contributed by atoms with Crippen molar-refractivity contribution >= 4 is 21.9 Å². The van der Waals surface area contributed by atoms with Crippen LogP contribution in [0.15, 0.2) is 46.2 Å². The van der Waals surface area contributed by atoms with E-state index in [9.17, 15) is 28.7 Å². The zero-order valence-electron chi connectivity index (χ0n) is 19.2. The van der Waals surface area contributed by atoms with Gasteiger partial charge in [0.15, 0.2) is 0 Å². The molecule has 0 aliphatic carbocycles. The molecular weight excluding hydrogens is 426 g/mol. The van der Waals surface area contributed by atoms with Crippen molar-refractivity contribution in [3.05, 3.63) is 63.6 Å². The highest BCUT2D eigenvalue weighted by atomic mass is 32.2. The van der Waals surface area contributed by atoms with Crippen LogP contribution in [0.2, 0.25) is 0 Å². The van der Waals surface area contributed by atoms with Crippen LogP contribution in [-0.4, -0.2) is 24.6 Å². The molecule has 0 radical (unpaired) electrons. The number of nitrogens with zero attached hydrogens (tertiary/aromatic N) is 1. The van der Waals surface area contributed by atoms with Crippen molar-refractivity contribution in [1.29, 1.82) is 5.26 Å². The minimum absolute atomic E-state index is 0.156. The van der Waals surface area contributed by atoms with Crippen molar-refractivity contribution in [3.63, 3.8) is 0 Å². The van der Waals surface area contributed by atoms with Gasteiger partial charge >= 0.3 is 5.97 Å². The summed E-state index contributed by atoms with van der Waals surface area (Å²) in [5.41, 5.74) is 0.620. The smallest absolute Gasteiger partial charge is 0.337 e. The molecule has 0 saturated carbocycles. The Labute approximate surface area is 189 Å². The standard InChI is InChI=1S/C25H29NO5S/c1-24(2,3)19-14-16(15-20(22(19)27)25(4,5)6)13-17(11-12-26)32(30,31)21-10-8-7-9-18(21)23(28)29/h7-10,13-15,27H,11H2,1-6H3,(H,28,29)/b17-13+. The second kappa shape index (κ2) is 8.79. The maximum atomic E-state index is 13.4. The van der Waals surface area contributed by atoms with Crippen LogP contribution in [0.3, 0.4) is 0 Å². The molecule has 170 valence electrons. The average molecular weight is 456 g/mol. The van der Waals surface area contributed by atoms with Crippen LogP contribution in [0.4, 0.5) is 0 Å². The molecule has 7 heteroatoms. The minimum Gasteiger partial charge on any atom is -0.507 e. The van der Waals surface area contributed by atoms with Crippen LogP contribution >= 0.6 is 0 Å². The Morgan fingerprint density at radius 1 is 1.03 bits per heavy atom. The van der Waals surface area contributed by atoms with Crippen LogP contribution in [0.5, 0.6) is 5.75 Å². The lowest BCUT2D eigenvalue weighted by Crippen LogP contribution is -2.17. The number of benzene rings is 2. The van der Waals surface area contributed by atoms with E-state index < -0.39 is 33.1 Å². The molecule has 0 saturated heterocycles. The number of aromatic carboxylic acids is 1. The van der Waals surface area contributed by atoms with E-state index in [0.717, 1.165) is 0 Å². The van der Waals surface area contributed by atoms with Gasteiger partial charge < -0.3 is 10.2 Å². The average Bonchev–Trinajstić information content (AvgIpc) is 2.66. The Morgan fingerprint density at radius 2 is 1.53 bits per heavy atom. The number of hydrogen-bond acceptors (Lipinski definition) is 5. The molecule has 0 fully saturated rings. The topological polar surface area (TPSA) is 115 Å². The molecule has 2 aromatic carbocycles. The van der Waals surface area contributed by atoms with Gasteiger partial charge in [-0.05, 0) is 46.7 Å². The summed E-state index contributed by atoms with van der Waals surface area (Å²) in [6.45, 7) is 11.7. The van der Waals surface area contributed by atoms with Gasteiger partial charge in [0, 0.05) is 11.1 Å². The van der Waals surface area contributed by atoms with E-state index in [1.807, 2.05) is 47.6 Å². The predicted molar refractivity (Wildman–Crippen MR) is 124 cm³/mol. The fourth-order valence-electron chi connectivity index (χ4n) is 3.39. The maximum Gasteiger partial charge on any atom is 0.337 e. The molecule has 0 aromatic heterocycles. The minimum atomic E-state index is -4.25. The Hall–Kier alpha value is -3.11. The summed E-state index contributed by atoms with van der Waals surface area (Å²) in [6, 6.07) is 10.6. The molecular formula is C25H29NO5S. The lowest BCUT2D eigenvalue weighted by atomic mass is 9.78. The number of sulfone groups is 1. The van der Waals surface area contributed by atoms with E-state index in [4.69, 9.17) is 0 Å². The van der Waals surface area contributed by atoms with Crippen LogP contribution in [-0.2, 0) is 20.7 Å². The largest absolute Gasteiger partial charge is 0.507 e. The van der Waals surface area contributed by atoms with E-state index in [-0.39, 0.29) is 21.1 Å². The third-order valence-electron chi connectivity index (χ3n) is 5.08. The molecule has 0 amide bonds. The van der Waals surface area contributed by atoms with E-state index in [2.05, 4.69) is 0 Å². The lowest BCUT2D eigenvalue weighted by molar-refractivity contribution is 0.0692. The zero-order chi connectivity index (χ0) is 24.5. The number of aromatic hydroxyl groups is 1. The predicted octanol–water partition coefficient (Wildman–Crippen LogP) is 5.41. The number of phenolic OH excluding ortho intramolecular Hbond substituents is 1. The summed E-state index contributed by atoms with van der Waals surface area (Å²) in [7, 11) is -4.25. The molecule has 0 unspecified atom stereocenters. The normalized spacial score (nSPS) is 13.0. The number of carboxylic acids is 1. The summed E-state index contributed by atoms with van der Waals surface area (Å²) in [5.74, 6) is -1.21.